The molecule has 0 spiro atoms. The molecule has 0 radical (unpaired) electrons. The molecule has 0 aliphatic carbocycles. The number of carbonyl (C=O) groups is 1. The Labute approximate surface area is 435 Å². The fourth-order valence-electron chi connectivity index (χ4n) is 8.87. The van der Waals surface area contributed by atoms with Crippen LogP contribution in [0.15, 0.2) is 182 Å². The number of rotatable bonds is 28. The second kappa shape index (κ2) is 29.6. The predicted molar refractivity (Wildman–Crippen MR) is 279 cm³/mol. The first-order valence-electron chi connectivity index (χ1n) is 25.2. The van der Waals surface area contributed by atoms with Gasteiger partial charge in [0.1, 0.15) is 42.7 Å². The molecule has 13 heteroatoms. The number of ether oxygens (including phenoxy) is 11. The number of carbonyl (C=O) groups excluding carboxylic acids is 1. The fraction of sp³-hybridized carbons (Fsp3) is 0.383. The SMILES string of the molecule is CC(=O)O[C@H]1[C@@H](OCc2ccccc2)[C@@H](COCc2ccccc2)O[C@@H](O[C@H]2[C@H](OCc3ccccc3)[C@@H](OCc3ccccc3)[C@H](OCCCCS)O[C@@H]2COCc2ccccc2)[C@@H]1OCc1ccccc1. The third-order valence-corrected chi connectivity index (χ3v) is 12.9. The van der Waals surface area contributed by atoms with Crippen molar-refractivity contribution in [3.05, 3.63) is 215 Å². The Bertz CT molecular complexity index is 2420. The van der Waals surface area contributed by atoms with E-state index in [1.54, 1.807) is 0 Å². The molecule has 0 N–H and O–H groups in total. The summed E-state index contributed by atoms with van der Waals surface area (Å²) in [5.74, 6) is 0.192. The van der Waals surface area contributed by atoms with E-state index in [9.17, 15) is 4.79 Å². The van der Waals surface area contributed by atoms with Crippen LogP contribution in [0.3, 0.4) is 0 Å². The summed E-state index contributed by atoms with van der Waals surface area (Å²) >= 11 is 4.46. The van der Waals surface area contributed by atoms with Gasteiger partial charge in [-0.3, -0.25) is 4.79 Å². The highest BCUT2D eigenvalue weighted by atomic mass is 32.1. The van der Waals surface area contributed by atoms with Gasteiger partial charge in [-0.1, -0.05) is 182 Å². The van der Waals surface area contributed by atoms with Crippen LogP contribution in [-0.2, 0) is 96.5 Å². The van der Waals surface area contributed by atoms with Crippen molar-refractivity contribution in [1.29, 1.82) is 0 Å². The normalized spacial score (nSPS) is 24.0. The number of benzene rings is 6. The Kier molecular flexibility index (Phi) is 21.9. The number of thiol groups is 1. The van der Waals surface area contributed by atoms with Gasteiger partial charge < -0.3 is 52.1 Å². The predicted octanol–water partition coefficient (Wildman–Crippen LogP) is 10.3. The molecule has 6 aromatic carbocycles. The molecule has 0 bridgehead atoms. The highest BCUT2D eigenvalue weighted by molar-refractivity contribution is 7.80. The van der Waals surface area contributed by atoms with E-state index in [-0.39, 0.29) is 39.6 Å². The van der Waals surface area contributed by atoms with Crippen molar-refractivity contribution in [2.24, 2.45) is 0 Å². The van der Waals surface area contributed by atoms with E-state index in [0.29, 0.717) is 19.8 Å². The molecule has 2 aliphatic rings. The van der Waals surface area contributed by atoms with Gasteiger partial charge in [-0.15, -0.1) is 0 Å². The van der Waals surface area contributed by atoms with Gasteiger partial charge in [-0.25, -0.2) is 0 Å². The van der Waals surface area contributed by atoms with Crippen LogP contribution in [0, 0.1) is 0 Å². The van der Waals surface area contributed by atoms with Crippen LogP contribution >= 0.6 is 12.6 Å². The lowest BCUT2D eigenvalue weighted by atomic mass is 9.95. The lowest BCUT2D eigenvalue weighted by Crippen LogP contribution is -2.66. The average Bonchev–Trinajstić information content (AvgIpc) is 3.43. The number of unbranched alkanes of at least 4 members (excludes halogenated alkanes) is 1. The Morgan fingerprint density at radius 3 is 1.18 bits per heavy atom. The summed E-state index contributed by atoms with van der Waals surface area (Å²) in [6, 6.07) is 59.3. The Morgan fingerprint density at radius 1 is 0.411 bits per heavy atom. The number of hydrogen-bond acceptors (Lipinski definition) is 13. The first-order chi connectivity index (χ1) is 36.0. The molecule has 0 unspecified atom stereocenters. The lowest BCUT2D eigenvalue weighted by Gasteiger charge is -2.50. The summed E-state index contributed by atoms with van der Waals surface area (Å²) in [5.41, 5.74) is 5.69. The van der Waals surface area contributed by atoms with Gasteiger partial charge in [0.05, 0.1) is 52.9 Å². The highest BCUT2D eigenvalue weighted by Crippen LogP contribution is 2.37. The second-order valence-electron chi connectivity index (χ2n) is 18.1. The summed E-state index contributed by atoms with van der Waals surface area (Å²) in [6.45, 7) is 3.29. The molecule has 2 fully saturated rings. The van der Waals surface area contributed by atoms with E-state index < -0.39 is 67.4 Å². The van der Waals surface area contributed by atoms with Crippen LogP contribution in [0.5, 0.6) is 0 Å². The summed E-state index contributed by atoms with van der Waals surface area (Å²) in [5, 5.41) is 0. The van der Waals surface area contributed by atoms with E-state index in [1.165, 1.54) is 6.92 Å². The van der Waals surface area contributed by atoms with Crippen molar-refractivity contribution < 1.29 is 56.9 Å². The van der Waals surface area contributed by atoms with Crippen LogP contribution in [0.2, 0.25) is 0 Å². The zero-order valence-corrected chi connectivity index (χ0v) is 42.3. The van der Waals surface area contributed by atoms with Crippen LogP contribution < -0.4 is 0 Å². The van der Waals surface area contributed by atoms with Crippen LogP contribution in [-0.4, -0.2) is 93.0 Å². The van der Waals surface area contributed by atoms with Crippen molar-refractivity contribution in [3.63, 3.8) is 0 Å². The molecule has 73 heavy (non-hydrogen) atoms. The topological polar surface area (TPSA) is 119 Å². The maximum Gasteiger partial charge on any atom is 0.303 e. The molecule has 0 saturated carbocycles. The van der Waals surface area contributed by atoms with Gasteiger partial charge >= 0.3 is 5.97 Å². The van der Waals surface area contributed by atoms with Crippen molar-refractivity contribution in [1.82, 2.24) is 0 Å². The van der Waals surface area contributed by atoms with Gasteiger partial charge in [0.25, 0.3) is 0 Å². The molecule has 2 saturated heterocycles. The van der Waals surface area contributed by atoms with E-state index in [2.05, 4.69) is 12.6 Å². The minimum Gasteiger partial charge on any atom is -0.457 e. The third-order valence-electron chi connectivity index (χ3n) is 12.5. The highest BCUT2D eigenvalue weighted by Gasteiger charge is 2.55. The molecular formula is C60H68O12S. The van der Waals surface area contributed by atoms with Gasteiger partial charge in [0.15, 0.2) is 18.7 Å². The van der Waals surface area contributed by atoms with Crippen molar-refractivity contribution in [2.45, 2.75) is 121 Å². The van der Waals surface area contributed by atoms with Crippen LogP contribution in [0.1, 0.15) is 53.1 Å². The van der Waals surface area contributed by atoms with Gasteiger partial charge in [0.2, 0.25) is 0 Å². The average molecular weight is 1010 g/mol. The Balaban J connectivity index is 1.19. The monoisotopic (exact) mass is 1010 g/mol. The largest absolute Gasteiger partial charge is 0.457 e. The van der Waals surface area contributed by atoms with E-state index >= 15 is 0 Å². The number of hydrogen-bond donors (Lipinski definition) is 1. The number of esters is 1. The molecule has 10 atom stereocenters. The van der Waals surface area contributed by atoms with E-state index in [0.717, 1.165) is 52.0 Å². The maximum atomic E-state index is 13.4. The minimum absolute atomic E-state index is 0.0567. The first kappa shape index (κ1) is 54.0. The summed E-state index contributed by atoms with van der Waals surface area (Å²) in [4.78, 5) is 13.4. The molecule has 12 nitrogen and oxygen atoms in total. The standard InChI is InChI=1S/C60H68O12S/c1-44(61)69-56-53(65-38-47-26-12-4-13-27-47)51(42-62-36-45-22-8-2-9-23-45)71-60(58(56)68-41-50-32-18-7-19-33-50)72-54-52(43-63-37-46-24-10-3-11-25-46)70-59(64-34-20-21-35-73)57(67-40-49-30-16-6-17-31-49)55(54)66-39-48-28-14-5-15-29-48/h2-19,22-33,51-60,73H,20-21,34-43H2,1H3/t51-,52-,53+,54-,55+,56+,57-,58-,59-,60+/m1/s1. The molecule has 2 aliphatic heterocycles. The van der Waals surface area contributed by atoms with Gasteiger partial charge in [-0.05, 0) is 52.0 Å². The fourth-order valence-corrected chi connectivity index (χ4v) is 9.10. The molecule has 8 rings (SSSR count). The van der Waals surface area contributed by atoms with Crippen LogP contribution in [0.4, 0.5) is 0 Å². The van der Waals surface area contributed by atoms with E-state index in [4.69, 9.17) is 52.1 Å². The van der Waals surface area contributed by atoms with Gasteiger partial charge in [-0.2, -0.15) is 12.6 Å². The summed E-state index contributed by atoms with van der Waals surface area (Å²) in [6.07, 6.45) is -7.69. The molecule has 2 heterocycles. The summed E-state index contributed by atoms with van der Waals surface area (Å²) in [7, 11) is 0. The zero-order chi connectivity index (χ0) is 50.3. The Morgan fingerprint density at radius 2 is 0.767 bits per heavy atom. The van der Waals surface area contributed by atoms with Crippen molar-refractivity contribution in [3.8, 4) is 0 Å². The Hall–Kier alpha value is -5.26. The second-order valence-corrected chi connectivity index (χ2v) is 18.6. The molecule has 0 amide bonds. The molecule has 386 valence electrons. The molecule has 6 aromatic rings. The quantitative estimate of drug-likeness (QED) is 0.0286. The lowest BCUT2D eigenvalue weighted by molar-refractivity contribution is -0.375. The summed E-state index contributed by atoms with van der Waals surface area (Å²) < 4.78 is 75.1. The molecule has 0 aromatic heterocycles. The van der Waals surface area contributed by atoms with Crippen molar-refractivity contribution in [2.75, 3.05) is 25.6 Å². The van der Waals surface area contributed by atoms with Crippen LogP contribution in [0.25, 0.3) is 0 Å². The minimum atomic E-state index is -1.22. The maximum absolute atomic E-state index is 13.4. The van der Waals surface area contributed by atoms with Gasteiger partial charge in [0, 0.05) is 13.5 Å². The van der Waals surface area contributed by atoms with Crippen molar-refractivity contribution >= 4 is 18.6 Å². The smallest absolute Gasteiger partial charge is 0.303 e. The zero-order valence-electron chi connectivity index (χ0n) is 41.4. The third kappa shape index (κ3) is 16.9. The molecular weight excluding hydrogens is 945 g/mol. The first-order valence-corrected chi connectivity index (χ1v) is 25.9. The van der Waals surface area contributed by atoms with E-state index in [1.807, 2.05) is 182 Å².